The Morgan fingerprint density at radius 2 is 1.76 bits per heavy atom. The van der Waals surface area contributed by atoms with E-state index in [9.17, 15) is 4.79 Å². The predicted molar refractivity (Wildman–Crippen MR) is 118 cm³/mol. The molecular formula is C22H30N6O. The number of benzene rings is 1. The van der Waals surface area contributed by atoms with Crippen molar-refractivity contribution in [1.29, 1.82) is 0 Å². The number of amides is 1. The van der Waals surface area contributed by atoms with Gasteiger partial charge in [-0.2, -0.15) is 0 Å². The molecule has 29 heavy (non-hydrogen) atoms. The zero-order chi connectivity index (χ0) is 20.1. The van der Waals surface area contributed by atoms with Gasteiger partial charge in [-0.25, -0.2) is 4.98 Å². The molecule has 2 fully saturated rings. The number of carbonyl (C=O) groups excluding carboxylic acids is 1. The second kappa shape index (κ2) is 9.13. The number of nitrogens with zero attached hydrogens (tertiary/aromatic N) is 2. The van der Waals surface area contributed by atoms with Gasteiger partial charge in [-0.15, -0.1) is 0 Å². The fourth-order valence-corrected chi connectivity index (χ4v) is 4.11. The minimum absolute atomic E-state index is 0.394. The van der Waals surface area contributed by atoms with Gasteiger partial charge in [0.25, 0.3) is 5.91 Å². The van der Waals surface area contributed by atoms with E-state index in [1.54, 1.807) is 6.07 Å². The Morgan fingerprint density at radius 3 is 2.45 bits per heavy atom. The minimum atomic E-state index is -0.485. The molecule has 7 heteroatoms. The first-order chi connectivity index (χ1) is 14.2. The van der Waals surface area contributed by atoms with Crippen LogP contribution < -0.4 is 26.6 Å². The van der Waals surface area contributed by atoms with Crippen LogP contribution in [0.4, 0.5) is 23.0 Å². The number of rotatable bonds is 6. The largest absolute Gasteiger partial charge is 0.369 e. The summed E-state index contributed by atoms with van der Waals surface area (Å²) in [4.78, 5) is 18.9. The normalized spacial score (nSPS) is 17.7. The molecule has 1 aliphatic carbocycles. The van der Waals surface area contributed by atoms with E-state index in [1.165, 1.54) is 24.9 Å². The Hall–Kier alpha value is -2.80. The third-order valence-corrected chi connectivity index (χ3v) is 5.73. The Morgan fingerprint density at radius 1 is 1.03 bits per heavy atom. The van der Waals surface area contributed by atoms with Gasteiger partial charge in [0.15, 0.2) is 0 Å². The summed E-state index contributed by atoms with van der Waals surface area (Å²) >= 11 is 0. The zero-order valence-electron chi connectivity index (χ0n) is 16.8. The average Bonchev–Trinajstić information content (AvgIpc) is 2.76. The van der Waals surface area contributed by atoms with Crippen molar-refractivity contribution in [3.05, 3.63) is 42.0 Å². The molecule has 2 heterocycles. The summed E-state index contributed by atoms with van der Waals surface area (Å²) in [5.41, 5.74) is 8.05. The van der Waals surface area contributed by atoms with Crippen LogP contribution >= 0.6 is 0 Å². The number of primary amides is 1. The van der Waals surface area contributed by atoms with E-state index in [0.717, 1.165) is 50.5 Å². The molecule has 1 amide bonds. The van der Waals surface area contributed by atoms with E-state index < -0.39 is 5.91 Å². The van der Waals surface area contributed by atoms with Crippen molar-refractivity contribution in [3.8, 4) is 0 Å². The number of anilines is 4. The molecule has 1 aliphatic heterocycles. The number of hydrogen-bond donors (Lipinski definition) is 4. The number of piperazine rings is 1. The highest BCUT2D eigenvalue weighted by Crippen LogP contribution is 2.26. The standard InChI is InChI=1S/C22H30N6O/c23-21(29)19-10-11-20(25-16-4-2-1-3-5-16)27-22(19)26-17-6-8-18(9-7-17)28-14-12-24-13-15-28/h6-11,16,24H,1-5,12-15H2,(H2,23,29)(H2,25,26,27). The highest BCUT2D eigenvalue weighted by Gasteiger charge is 2.16. The molecule has 0 radical (unpaired) electrons. The lowest BCUT2D eigenvalue weighted by atomic mass is 9.95. The van der Waals surface area contributed by atoms with Crippen molar-refractivity contribution in [1.82, 2.24) is 10.3 Å². The van der Waals surface area contributed by atoms with Gasteiger partial charge in [0.05, 0.1) is 5.56 Å². The van der Waals surface area contributed by atoms with Gasteiger partial charge in [-0.3, -0.25) is 4.79 Å². The molecule has 1 aromatic heterocycles. The molecule has 4 rings (SSSR count). The molecule has 2 aliphatic rings. The SMILES string of the molecule is NC(=O)c1ccc(NC2CCCCC2)nc1Nc1ccc(N2CCNCC2)cc1. The van der Waals surface area contributed by atoms with Crippen molar-refractivity contribution in [2.24, 2.45) is 5.73 Å². The summed E-state index contributed by atoms with van der Waals surface area (Å²) in [6.07, 6.45) is 6.14. The maximum Gasteiger partial charge on any atom is 0.252 e. The van der Waals surface area contributed by atoms with Crippen molar-refractivity contribution in [2.45, 2.75) is 38.1 Å². The molecule has 0 unspecified atom stereocenters. The Labute approximate surface area is 172 Å². The summed E-state index contributed by atoms with van der Waals surface area (Å²) in [6.45, 7) is 4.03. The van der Waals surface area contributed by atoms with Gasteiger partial charge in [0.1, 0.15) is 11.6 Å². The Balaban J connectivity index is 1.49. The molecule has 1 aromatic carbocycles. The van der Waals surface area contributed by atoms with E-state index in [0.29, 0.717) is 17.4 Å². The maximum atomic E-state index is 11.9. The van der Waals surface area contributed by atoms with Gasteiger partial charge < -0.3 is 26.6 Å². The van der Waals surface area contributed by atoms with Crippen LogP contribution in [0.15, 0.2) is 36.4 Å². The van der Waals surface area contributed by atoms with Crippen LogP contribution in [0.1, 0.15) is 42.5 Å². The lowest BCUT2D eigenvalue weighted by Gasteiger charge is -2.29. The van der Waals surface area contributed by atoms with Crippen molar-refractivity contribution >= 4 is 28.9 Å². The first kappa shape index (κ1) is 19.5. The van der Waals surface area contributed by atoms with Gasteiger partial charge >= 0.3 is 0 Å². The molecule has 1 saturated carbocycles. The first-order valence-electron chi connectivity index (χ1n) is 10.6. The fourth-order valence-electron chi connectivity index (χ4n) is 4.11. The van der Waals surface area contributed by atoms with Gasteiger partial charge in [-0.1, -0.05) is 19.3 Å². The fraction of sp³-hybridized carbons (Fsp3) is 0.455. The highest BCUT2D eigenvalue weighted by molar-refractivity contribution is 5.98. The molecule has 1 saturated heterocycles. The summed E-state index contributed by atoms with van der Waals surface area (Å²) in [7, 11) is 0. The van der Waals surface area contributed by atoms with Crippen LogP contribution in [0.2, 0.25) is 0 Å². The molecule has 0 bridgehead atoms. The van der Waals surface area contributed by atoms with Gasteiger partial charge in [0, 0.05) is 43.6 Å². The molecule has 2 aromatic rings. The van der Waals surface area contributed by atoms with E-state index in [4.69, 9.17) is 5.73 Å². The summed E-state index contributed by atoms with van der Waals surface area (Å²) in [5.74, 6) is 0.789. The van der Waals surface area contributed by atoms with Crippen molar-refractivity contribution < 1.29 is 4.79 Å². The molecule has 0 atom stereocenters. The number of aromatic nitrogens is 1. The van der Waals surface area contributed by atoms with Crippen LogP contribution in [0, 0.1) is 0 Å². The van der Waals surface area contributed by atoms with Crippen LogP contribution in [0.3, 0.4) is 0 Å². The van der Waals surface area contributed by atoms with E-state index in [2.05, 4.69) is 38.0 Å². The van der Waals surface area contributed by atoms with E-state index in [1.807, 2.05) is 18.2 Å². The number of nitrogens with one attached hydrogen (secondary N) is 3. The minimum Gasteiger partial charge on any atom is -0.369 e. The van der Waals surface area contributed by atoms with Crippen LogP contribution in [0.25, 0.3) is 0 Å². The molecule has 5 N–H and O–H groups in total. The molecule has 154 valence electrons. The first-order valence-corrected chi connectivity index (χ1v) is 10.6. The van der Waals surface area contributed by atoms with Crippen LogP contribution in [-0.4, -0.2) is 43.1 Å². The van der Waals surface area contributed by atoms with Crippen molar-refractivity contribution in [2.75, 3.05) is 41.7 Å². The number of pyridine rings is 1. The smallest absolute Gasteiger partial charge is 0.252 e. The summed E-state index contributed by atoms with van der Waals surface area (Å²) < 4.78 is 0. The maximum absolute atomic E-state index is 11.9. The second-order valence-corrected chi connectivity index (χ2v) is 7.85. The van der Waals surface area contributed by atoms with Crippen LogP contribution in [-0.2, 0) is 0 Å². The number of carbonyl (C=O) groups is 1. The molecule has 7 nitrogen and oxygen atoms in total. The lowest BCUT2D eigenvalue weighted by molar-refractivity contribution is 0.100. The predicted octanol–water partition coefficient (Wildman–Crippen LogP) is 3.08. The second-order valence-electron chi connectivity index (χ2n) is 7.85. The topological polar surface area (TPSA) is 95.3 Å². The summed E-state index contributed by atoms with van der Waals surface area (Å²) in [5, 5.41) is 10.2. The van der Waals surface area contributed by atoms with Crippen LogP contribution in [0.5, 0.6) is 0 Å². The third-order valence-electron chi connectivity index (χ3n) is 5.73. The molecular weight excluding hydrogens is 364 g/mol. The van der Waals surface area contributed by atoms with Crippen molar-refractivity contribution in [3.63, 3.8) is 0 Å². The average molecular weight is 395 g/mol. The van der Waals surface area contributed by atoms with E-state index in [-0.39, 0.29) is 0 Å². The zero-order valence-corrected chi connectivity index (χ0v) is 16.8. The number of nitrogens with two attached hydrogens (primary N) is 1. The Kier molecular flexibility index (Phi) is 6.14. The lowest BCUT2D eigenvalue weighted by Crippen LogP contribution is -2.43. The van der Waals surface area contributed by atoms with E-state index >= 15 is 0 Å². The number of hydrogen-bond acceptors (Lipinski definition) is 6. The van der Waals surface area contributed by atoms with Gasteiger partial charge in [-0.05, 0) is 49.2 Å². The van der Waals surface area contributed by atoms with Gasteiger partial charge in [0.2, 0.25) is 0 Å². The third kappa shape index (κ3) is 4.98. The molecule has 0 spiro atoms. The Bertz CT molecular complexity index is 826. The summed E-state index contributed by atoms with van der Waals surface area (Å²) in [6, 6.07) is 12.3. The highest BCUT2D eigenvalue weighted by atomic mass is 16.1. The monoisotopic (exact) mass is 394 g/mol. The quantitative estimate of drug-likeness (QED) is 0.601.